The molecule has 0 bridgehead atoms. The number of alkyl halides is 3. The highest BCUT2D eigenvalue weighted by Gasteiger charge is 2.35. The molecule has 0 heterocycles. The molecule has 2 N–H and O–H groups in total. The molecule has 0 spiro atoms. The van der Waals surface area contributed by atoms with Crippen LogP contribution in [0, 0.1) is 18.3 Å². The summed E-state index contributed by atoms with van der Waals surface area (Å²) in [6.07, 6.45) is -4.62. The number of hydrogen-bond donors (Lipinski definition) is 1. The highest BCUT2D eigenvalue weighted by molar-refractivity contribution is 5.59. The highest BCUT2D eigenvalue weighted by atomic mass is 19.4. The molecule has 2 aromatic carbocycles. The second kappa shape index (κ2) is 5.37. The first-order valence-electron chi connectivity index (χ1n) is 5.97. The number of halogens is 3. The van der Waals surface area contributed by atoms with Crippen molar-refractivity contribution in [3.8, 4) is 17.6 Å². The summed E-state index contributed by atoms with van der Waals surface area (Å²) in [6.45, 7) is 1.73. The van der Waals surface area contributed by atoms with Gasteiger partial charge in [0, 0.05) is 0 Å². The van der Waals surface area contributed by atoms with Gasteiger partial charge in [-0.1, -0.05) is 12.1 Å². The van der Waals surface area contributed by atoms with E-state index >= 15 is 0 Å². The molecule has 3 nitrogen and oxygen atoms in total. The minimum Gasteiger partial charge on any atom is -0.455 e. The molecular weight excluding hydrogens is 281 g/mol. The molecule has 2 rings (SSSR count). The molecule has 0 saturated carbocycles. The van der Waals surface area contributed by atoms with Gasteiger partial charge in [0.15, 0.2) is 5.75 Å². The van der Waals surface area contributed by atoms with E-state index in [9.17, 15) is 13.2 Å². The molecular formula is C15H11F3N2O. The molecule has 0 aliphatic carbocycles. The number of anilines is 1. The predicted molar refractivity (Wildman–Crippen MR) is 71.8 cm³/mol. The highest BCUT2D eigenvalue weighted by Crippen LogP contribution is 2.40. The van der Waals surface area contributed by atoms with Crippen LogP contribution in [0.3, 0.4) is 0 Å². The Morgan fingerprint density at radius 3 is 2.48 bits per heavy atom. The predicted octanol–water partition coefficient (Wildman–Crippen LogP) is 4.26. The van der Waals surface area contributed by atoms with E-state index < -0.39 is 11.7 Å². The van der Waals surface area contributed by atoms with E-state index in [1.54, 1.807) is 25.1 Å². The first-order valence-corrected chi connectivity index (χ1v) is 5.97. The van der Waals surface area contributed by atoms with Crippen LogP contribution in [-0.2, 0) is 6.18 Å². The minimum atomic E-state index is -4.62. The molecule has 108 valence electrons. The summed E-state index contributed by atoms with van der Waals surface area (Å²) in [5, 5.41) is 8.71. The fourth-order valence-corrected chi connectivity index (χ4v) is 1.77. The molecule has 0 unspecified atom stereocenters. The maximum absolute atomic E-state index is 13.0. The van der Waals surface area contributed by atoms with Gasteiger partial charge >= 0.3 is 6.18 Å². The molecule has 0 saturated heterocycles. The van der Waals surface area contributed by atoms with Crippen molar-refractivity contribution in [2.45, 2.75) is 13.1 Å². The van der Waals surface area contributed by atoms with E-state index in [-0.39, 0.29) is 22.7 Å². The molecule has 0 atom stereocenters. The average molecular weight is 292 g/mol. The zero-order valence-corrected chi connectivity index (χ0v) is 11.0. The van der Waals surface area contributed by atoms with Crippen LogP contribution in [-0.4, -0.2) is 0 Å². The van der Waals surface area contributed by atoms with Crippen molar-refractivity contribution in [3.05, 3.63) is 53.1 Å². The second-order valence-corrected chi connectivity index (χ2v) is 4.41. The lowest BCUT2D eigenvalue weighted by Crippen LogP contribution is -2.08. The number of nitrogen functional groups attached to an aromatic ring is 1. The number of aryl methyl sites for hydroxylation is 1. The van der Waals surface area contributed by atoms with E-state index in [1.165, 1.54) is 12.1 Å². The molecule has 0 aromatic heterocycles. The Hall–Kier alpha value is -2.68. The Balaban J connectivity index is 2.50. The van der Waals surface area contributed by atoms with E-state index in [0.29, 0.717) is 5.56 Å². The summed E-state index contributed by atoms with van der Waals surface area (Å²) in [4.78, 5) is 0. The van der Waals surface area contributed by atoms with Crippen LogP contribution in [0.25, 0.3) is 0 Å². The lowest BCUT2D eigenvalue weighted by atomic mass is 10.1. The smallest absolute Gasteiger partial charge is 0.420 e. The number of nitrogens with two attached hydrogens (primary N) is 1. The van der Waals surface area contributed by atoms with Gasteiger partial charge in [-0.2, -0.15) is 18.4 Å². The Morgan fingerprint density at radius 2 is 1.86 bits per heavy atom. The van der Waals surface area contributed by atoms with Crippen molar-refractivity contribution in [1.82, 2.24) is 0 Å². The largest absolute Gasteiger partial charge is 0.455 e. The SMILES string of the molecule is Cc1cccc(Oc2ccc(C#N)cc2C(F)(F)F)c1N. The topological polar surface area (TPSA) is 59.0 Å². The fourth-order valence-electron chi connectivity index (χ4n) is 1.77. The summed E-state index contributed by atoms with van der Waals surface area (Å²) in [6, 6.07) is 9.65. The number of ether oxygens (including phenoxy) is 1. The lowest BCUT2D eigenvalue weighted by Gasteiger charge is -2.15. The van der Waals surface area contributed by atoms with Crippen LogP contribution in [0.2, 0.25) is 0 Å². The zero-order chi connectivity index (χ0) is 15.6. The van der Waals surface area contributed by atoms with Gasteiger partial charge in [-0.15, -0.1) is 0 Å². The Morgan fingerprint density at radius 1 is 1.14 bits per heavy atom. The van der Waals surface area contributed by atoms with Crippen LogP contribution >= 0.6 is 0 Å². The number of benzene rings is 2. The lowest BCUT2D eigenvalue weighted by molar-refractivity contribution is -0.138. The van der Waals surface area contributed by atoms with E-state index in [2.05, 4.69) is 0 Å². The second-order valence-electron chi connectivity index (χ2n) is 4.41. The van der Waals surface area contributed by atoms with Gasteiger partial charge < -0.3 is 10.5 Å². The number of rotatable bonds is 2. The summed E-state index contributed by atoms with van der Waals surface area (Å²) >= 11 is 0. The quantitative estimate of drug-likeness (QED) is 0.841. The third-order valence-electron chi connectivity index (χ3n) is 2.92. The van der Waals surface area contributed by atoms with E-state index in [1.807, 2.05) is 0 Å². The van der Waals surface area contributed by atoms with Crippen molar-refractivity contribution < 1.29 is 17.9 Å². The van der Waals surface area contributed by atoms with Crippen LogP contribution in [0.1, 0.15) is 16.7 Å². The molecule has 2 aromatic rings. The normalized spacial score (nSPS) is 11.0. The van der Waals surface area contributed by atoms with Crippen LogP contribution < -0.4 is 10.5 Å². The third-order valence-corrected chi connectivity index (χ3v) is 2.92. The van der Waals surface area contributed by atoms with Crippen LogP contribution in [0.15, 0.2) is 36.4 Å². The Labute approximate surface area is 119 Å². The maximum atomic E-state index is 13.0. The van der Waals surface area contributed by atoms with Crippen molar-refractivity contribution in [3.63, 3.8) is 0 Å². The van der Waals surface area contributed by atoms with Gasteiger partial charge in [0.05, 0.1) is 22.9 Å². The summed E-state index contributed by atoms with van der Waals surface area (Å²) in [5.74, 6) is -0.246. The molecule has 0 aliphatic rings. The molecule has 0 radical (unpaired) electrons. The number of hydrogen-bond acceptors (Lipinski definition) is 3. The average Bonchev–Trinajstić information content (AvgIpc) is 2.43. The first-order chi connectivity index (χ1) is 9.82. The van der Waals surface area contributed by atoms with E-state index in [4.69, 9.17) is 15.7 Å². The Kier molecular flexibility index (Phi) is 3.76. The van der Waals surface area contributed by atoms with Gasteiger partial charge in [0.25, 0.3) is 0 Å². The van der Waals surface area contributed by atoms with Gasteiger partial charge in [-0.05, 0) is 36.8 Å². The molecule has 0 fully saturated rings. The van der Waals surface area contributed by atoms with Crippen LogP contribution in [0.5, 0.6) is 11.5 Å². The Bertz CT molecular complexity index is 718. The molecule has 0 amide bonds. The number of para-hydroxylation sites is 1. The van der Waals surface area contributed by atoms with Gasteiger partial charge in [0.2, 0.25) is 0 Å². The molecule has 6 heteroatoms. The minimum absolute atomic E-state index is 0.0908. The van der Waals surface area contributed by atoms with Crippen molar-refractivity contribution in [2.75, 3.05) is 5.73 Å². The zero-order valence-electron chi connectivity index (χ0n) is 11.0. The summed E-state index contributed by atoms with van der Waals surface area (Å²) < 4.78 is 44.4. The standard InChI is InChI=1S/C15H11F3N2O/c1-9-3-2-4-13(14(9)20)21-12-6-5-10(8-19)7-11(12)15(16,17)18/h2-7H,20H2,1H3. The monoisotopic (exact) mass is 292 g/mol. The van der Waals surface area contributed by atoms with Gasteiger partial charge in [-0.3, -0.25) is 0 Å². The van der Waals surface area contributed by atoms with Crippen molar-refractivity contribution >= 4 is 5.69 Å². The van der Waals surface area contributed by atoms with Gasteiger partial charge in [0.1, 0.15) is 5.75 Å². The van der Waals surface area contributed by atoms with Crippen molar-refractivity contribution in [1.29, 1.82) is 5.26 Å². The summed E-state index contributed by atoms with van der Waals surface area (Å²) in [5.41, 5.74) is 5.66. The van der Waals surface area contributed by atoms with E-state index in [0.717, 1.165) is 12.1 Å². The van der Waals surface area contributed by atoms with Crippen molar-refractivity contribution in [2.24, 2.45) is 0 Å². The number of nitriles is 1. The molecule has 0 aliphatic heterocycles. The first kappa shape index (κ1) is 14.7. The fraction of sp³-hybridized carbons (Fsp3) is 0.133. The maximum Gasteiger partial charge on any atom is 0.420 e. The van der Waals surface area contributed by atoms with Gasteiger partial charge in [-0.25, -0.2) is 0 Å². The number of nitrogens with zero attached hydrogens (tertiary/aromatic N) is 1. The van der Waals surface area contributed by atoms with Crippen LogP contribution in [0.4, 0.5) is 18.9 Å². The summed E-state index contributed by atoms with van der Waals surface area (Å²) in [7, 11) is 0. The third kappa shape index (κ3) is 3.08. The molecule has 21 heavy (non-hydrogen) atoms.